The van der Waals surface area contributed by atoms with Gasteiger partial charge >= 0.3 is 0 Å². The summed E-state index contributed by atoms with van der Waals surface area (Å²) >= 11 is 6.28. The number of halogens is 1. The molecule has 0 spiro atoms. The number of benzene rings is 1. The van der Waals surface area contributed by atoms with E-state index < -0.39 is 0 Å². The zero-order valence-electron chi connectivity index (χ0n) is 9.44. The Labute approximate surface area is 105 Å². The van der Waals surface area contributed by atoms with Crippen molar-refractivity contribution in [2.75, 3.05) is 0 Å². The van der Waals surface area contributed by atoms with Crippen LogP contribution in [0.1, 0.15) is 18.4 Å². The molecule has 4 heteroatoms. The zero-order chi connectivity index (χ0) is 11.7. The van der Waals surface area contributed by atoms with E-state index in [1.807, 2.05) is 16.8 Å². The molecule has 1 aromatic carbocycles. The van der Waals surface area contributed by atoms with E-state index in [1.165, 1.54) is 12.8 Å². The molecule has 0 radical (unpaired) electrons. The molecule has 0 atom stereocenters. The molecular weight excluding hydrogens is 234 g/mol. The van der Waals surface area contributed by atoms with Crippen LogP contribution in [0.2, 0.25) is 5.02 Å². The largest absolute Gasteiger partial charge is 0.310 e. The summed E-state index contributed by atoms with van der Waals surface area (Å²) in [7, 11) is 0. The first-order valence-electron chi connectivity index (χ1n) is 5.83. The lowest BCUT2D eigenvalue weighted by molar-refractivity contribution is 0.688. The van der Waals surface area contributed by atoms with Crippen LogP contribution in [0.25, 0.3) is 5.69 Å². The standard InChI is InChI=1S/C13H14ClN3/c14-13-7-12(17-6-5-15-9-17)4-1-10(13)8-16-11-2-3-11/h1,4-7,9,11,16H,2-3,8H2. The van der Waals surface area contributed by atoms with Crippen LogP contribution >= 0.6 is 11.6 Å². The molecule has 88 valence electrons. The molecular formula is C13H14ClN3. The number of hydrogen-bond donors (Lipinski definition) is 1. The molecule has 17 heavy (non-hydrogen) atoms. The van der Waals surface area contributed by atoms with Gasteiger partial charge in [0.1, 0.15) is 0 Å². The highest BCUT2D eigenvalue weighted by atomic mass is 35.5. The molecule has 0 unspecified atom stereocenters. The van der Waals surface area contributed by atoms with Crippen molar-refractivity contribution < 1.29 is 0 Å². The number of rotatable bonds is 4. The first-order chi connectivity index (χ1) is 8.33. The molecule has 1 N–H and O–H groups in total. The van der Waals surface area contributed by atoms with Crippen LogP contribution in [0, 0.1) is 0 Å². The minimum absolute atomic E-state index is 0.708. The Bertz CT molecular complexity index is 503. The first-order valence-corrected chi connectivity index (χ1v) is 6.21. The van der Waals surface area contributed by atoms with Gasteiger partial charge in [-0.25, -0.2) is 4.98 Å². The second-order valence-electron chi connectivity index (χ2n) is 4.40. The van der Waals surface area contributed by atoms with Crippen LogP contribution in [-0.4, -0.2) is 15.6 Å². The van der Waals surface area contributed by atoms with Crippen molar-refractivity contribution in [3.63, 3.8) is 0 Å². The molecule has 1 heterocycles. The highest BCUT2D eigenvalue weighted by Gasteiger charge is 2.20. The summed E-state index contributed by atoms with van der Waals surface area (Å²) in [4.78, 5) is 4.03. The lowest BCUT2D eigenvalue weighted by atomic mass is 10.2. The van der Waals surface area contributed by atoms with Crippen LogP contribution in [0.15, 0.2) is 36.9 Å². The monoisotopic (exact) mass is 247 g/mol. The molecule has 1 aliphatic rings. The average Bonchev–Trinajstić information content (AvgIpc) is 3.00. The van der Waals surface area contributed by atoms with E-state index >= 15 is 0 Å². The molecule has 1 saturated carbocycles. The van der Waals surface area contributed by atoms with Crippen LogP contribution in [0.4, 0.5) is 0 Å². The number of hydrogen-bond acceptors (Lipinski definition) is 2. The van der Waals surface area contributed by atoms with Gasteiger partial charge in [0.15, 0.2) is 0 Å². The third kappa shape index (κ3) is 2.51. The van der Waals surface area contributed by atoms with E-state index in [9.17, 15) is 0 Å². The summed E-state index contributed by atoms with van der Waals surface area (Å²) in [6.45, 7) is 0.855. The van der Waals surface area contributed by atoms with E-state index in [0.717, 1.165) is 22.8 Å². The van der Waals surface area contributed by atoms with Gasteiger partial charge in [-0.1, -0.05) is 17.7 Å². The summed E-state index contributed by atoms with van der Waals surface area (Å²) in [5, 5.41) is 4.27. The molecule has 1 aliphatic carbocycles. The van der Waals surface area contributed by atoms with Crippen LogP contribution in [0.5, 0.6) is 0 Å². The number of imidazole rings is 1. The number of nitrogens with zero attached hydrogens (tertiary/aromatic N) is 2. The van der Waals surface area contributed by atoms with Gasteiger partial charge in [0, 0.05) is 35.7 Å². The van der Waals surface area contributed by atoms with E-state index in [4.69, 9.17) is 11.6 Å². The van der Waals surface area contributed by atoms with Crippen molar-refractivity contribution in [1.82, 2.24) is 14.9 Å². The van der Waals surface area contributed by atoms with Crippen molar-refractivity contribution in [2.45, 2.75) is 25.4 Å². The predicted molar refractivity (Wildman–Crippen MR) is 68.4 cm³/mol. The molecule has 3 rings (SSSR count). The van der Waals surface area contributed by atoms with E-state index in [2.05, 4.69) is 22.4 Å². The van der Waals surface area contributed by atoms with Gasteiger partial charge in [0.2, 0.25) is 0 Å². The average molecular weight is 248 g/mol. The van der Waals surface area contributed by atoms with Crippen LogP contribution < -0.4 is 5.32 Å². The fraction of sp³-hybridized carbons (Fsp3) is 0.308. The van der Waals surface area contributed by atoms with Crippen molar-refractivity contribution in [1.29, 1.82) is 0 Å². The lowest BCUT2D eigenvalue weighted by Crippen LogP contribution is -2.15. The van der Waals surface area contributed by atoms with Crippen molar-refractivity contribution >= 4 is 11.6 Å². The summed E-state index contributed by atoms with van der Waals surface area (Å²) in [5.41, 5.74) is 2.20. The fourth-order valence-electron chi connectivity index (χ4n) is 1.79. The Hall–Kier alpha value is -1.32. The third-order valence-corrected chi connectivity index (χ3v) is 3.35. The maximum Gasteiger partial charge on any atom is 0.0991 e. The molecule has 1 fully saturated rings. The van der Waals surface area contributed by atoms with E-state index in [0.29, 0.717) is 6.04 Å². The highest BCUT2D eigenvalue weighted by Crippen LogP contribution is 2.23. The maximum absolute atomic E-state index is 6.28. The molecule has 2 aromatic rings. The Morgan fingerprint density at radius 1 is 1.41 bits per heavy atom. The first kappa shape index (κ1) is 10.8. The zero-order valence-corrected chi connectivity index (χ0v) is 10.2. The Kier molecular flexibility index (Phi) is 2.87. The summed E-state index contributed by atoms with van der Waals surface area (Å²) in [6.07, 6.45) is 8.04. The van der Waals surface area contributed by atoms with Crippen molar-refractivity contribution in [3.05, 3.63) is 47.5 Å². The summed E-state index contributed by atoms with van der Waals surface area (Å²) in [5.74, 6) is 0. The Morgan fingerprint density at radius 2 is 2.29 bits per heavy atom. The fourth-order valence-corrected chi connectivity index (χ4v) is 2.04. The van der Waals surface area contributed by atoms with Gasteiger partial charge in [0.25, 0.3) is 0 Å². The predicted octanol–water partition coefficient (Wildman–Crippen LogP) is 2.78. The van der Waals surface area contributed by atoms with E-state index in [-0.39, 0.29) is 0 Å². The Morgan fingerprint density at radius 3 is 2.94 bits per heavy atom. The van der Waals surface area contributed by atoms with Gasteiger partial charge in [0.05, 0.1) is 6.33 Å². The smallest absolute Gasteiger partial charge is 0.0991 e. The van der Waals surface area contributed by atoms with Gasteiger partial charge in [-0.3, -0.25) is 0 Å². The van der Waals surface area contributed by atoms with Crippen LogP contribution in [-0.2, 0) is 6.54 Å². The van der Waals surface area contributed by atoms with Crippen molar-refractivity contribution in [2.24, 2.45) is 0 Å². The normalized spacial score (nSPS) is 15.1. The second-order valence-corrected chi connectivity index (χ2v) is 4.81. The quantitative estimate of drug-likeness (QED) is 0.901. The summed E-state index contributed by atoms with van der Waals surface area (Å²) in [6, 6.07) is 6.83. The number of nitrogens with one attached hydrogen (secondary N) is 1. The maximum atomic E-state index is 6.28. The molecule has 0 saturated heterocycles. The van der Waals surface area contributed by atoms with Crippen LogP contribution in [0.3, 0.4) is 0 Å². The summed E-state index contributed by atoms with van der Waals surface area (Å²) < 4.78 is 1.95. The minimum Gasteiger partial charge on any atom is -0.310 e. The topological polar surface area (TPSA) is 29.9 Å². The van der Waals surface area contributed by atoms with Gasteiger partial charge in [-0.15, -0.1) is 0 Å². The minimum atomic E-state index is 0.708. The molecule has 1 aromatic heterocycles. The van der Waals surface area contributed by atoms with E-state index in [1.54, 1.807) is 12.5 Å². The molecule has 0 amide bonds. The molecule has 3 nitrogen and oxygen atoms in total. The van der Waals surface area contributed by atoms with Gasteiger partial charge in [-0.2, -0.15) is 0 Å². The lowest BCUT2D eigenvalue weighted by Gasteiger charge is -2.08. The van der Waals surface area contributed by atoms with Crippen molar-refractivity contribution in [3.8, 4) is 5.69 Å². The van der Waals surface area contributed by atoms with Gasteiger partial charge < -0.3 is 9.88 Å². The molecule has 0 bridgehead atoms. The highest BCUT2D eigenvalue weighted by molar-refractivity contribution is 6.31. The third-order valence-electron chi connectivity index (χ3n) is 3.00. The van der Waals surface area contributed by atoms with Gasteiger partial charge in [-0.05, 0) is 30.5 Å². The number of aromatic nitrogens is 2. The SMILES string of the molecule is Clc1cc(-n2ccnc2)ccc1CNC1CC1. The molecule has 0 aliphatic heterocycles. The Balaban J connectivity index is 1.78. The second kappa shape index (κ2) is 4.51.